The highest BCUT2D eigenvalue weighted by Gasteiger charge is 2.34. The number of aromatic amines is 1. The highest BCUT2D eigenvalue weighted by Crippen LogP contribution is 2.36. The maximum atomic E-state index is 12.9. The van der Waals surface area contributed by atoms with Gasteiger partial charge in [0.15, 0.2) is 0 Å². The zero-order valence-corrected chi connectivity index (χ0v) is 15.4. The number of benzene rings is 1. The summed E-state index contributed by atoms with van der Waals surface area (Å²) in [5.74, 6) is -0.397. The lowest BCUT2D eigenvalue weighted by atomic mass is 10.1. The summed E-state index contributed by atoms with van der Waals surface area (Å²) in [6.45, 7) is 0.358. The number of nitrogens with one attached hydrogen (secondary N) is 1. The molecule has 0 spiro atoms. The molecule has 1 N–H and O–H groups in total. The van der Waals surface area contributed by atoms with E-state index in [0.29, 0.717) is 6.07 Å². The van der Waals surface area contributed by atoms with E-state index in [1.165, 1.54) is 16.0 Å². The average Bonchev–Trinajstić information content (AvgIpc) is 2.69. The molecule has 3 rings (SSSR count). The summed E-state index contributed by atoms with van der Waals surface area (Å²) in [5, 5.41) is 11.3. The first-order chi connectivity index (χ1) is 14.1. The molecule has 1 aromatic carbocycles. The minimum Gasteiger partial charge on any atom is -0.362 e. The second-order valence-corrected chi connectivity index (χ2v) is 6.56. The number of halogens is 3. The van der Waals surface area contributed by atoms with E-state index in [2.05, 4.69) is 0 Å². The maximum absolute atomic E-state index is 12.9. The number of rotatable bonds is 4. The number of hydrogen-bond acceptors (Lipinski definition) is 6. The minimum absolute atomic E-state index is 0.0388. The molecule has 1 fully saturated rings. The second kappa shape index (κ2) is 8.00. The number of piperazine rings is 1. The number of hydrogen-bond donors (Lipinski definition) is 1. The molecule has 1 aliphatic rings. The van der Waals surface area contributed by atoms with Crippen molar-refractivity contribution in [2.24, 2.45) is 0 Å². The van der Waals surface area contributed by atoms with Gasteiger partial charge in [0.1, 0.15) is 12.2 Å². The third-order valence-electron chi connectivity index (χ3n) is 4.67. The Balaban J connectivity index is 1.70. The lowest BCUT2D eigenvalue weighted by Gasteiger charge is -2.36. The molecular weight excluding hydrogens is 411 g/mol. The van der Waals surface area contributed by atoms with Gasteiger partial charge in [-0.15, -0.1) is 0 Å². The number of anilines is 1. The smallest absolute Gasteiger partial charge is 0.362 e. The van der Waals surface area contributed by atoms with Gasteiger partial charge in [-0.05, 0) is 12.1 Å². The summed E-state index contributed by atoms with van der Waals surface area (Å²) in [4.78, 5) is 50.6. The molecule has 0 bridgehead atoms. The van der Waals surface area contributed by atoms with Crippen LogP contribution in [0.1, 0.15) is 5.56 Å². The van der Waals surface area contributed by atoms with Crippen molar-refractivity contribution in [3.8, 4) is 0 Å². The van der Waals surface area contributed by atoms with Crippen LogP contribution in [0.3, 0.4) is 0 Å². The van der Waals surface area contributed by atoms with Crippen molar-refractivity contribution >= 4 is 17.3 Å². The molecule has 1 saturated heterocycles. The fraction of sp³-hybridized carbons (Fsp3) is 0.353. The number of nitro benzene ring substituents is 1. The van der Waals surface area contributed by atoms with E-state index in [0.717, 1.165) is 22.8 Å². The molecule has 13 heteroatoms. The molecular formula is C17H16F3N5O5. The number of aromatic nitrogens is 2. The lowest BCUT2D eigenvalue weighted by Crippen LogP contribution is -2.50. The summed E-state index contributed by atoms with van der Waals surface area (Å²) in [6, 6.07) is 3.44. The Morgan fingerprint density at radius 1 is 1.13 bits per heavy atom. The highest BCUT2D eigenvalue weighted by molar-refractivity contribution is 5.76. The third-order valence-corrected chi connectivity index (χ3v) is 4.67. The van der Waals surface area contributed by atoms with Crippen LogP contribution in [0, 0.1) is 10.1 Å². The average molecular weight is 427 g/mol. The molecule has 1 aromatic heterocycles. The molecule has 0 atom stereocenters. The first kappa shape index (κ1) is 21.1. The number of H-pyrrole nitrogens is 1. The zero-order chi connectivity index (χ0) is 22.1. The van der Waals surface area contributed by atoms with Gasteiger partial charge >= 0.3 is 11.9 Å². The fourth-order valence-electron chi connectivity index (χ4n) is 3.12. The number of nitro groups is 1. The monoisotopic (exact) mass is 427 g/mol. The molecule has 0 unspecified atom stereocenters. The Morgan fingerprint density at radius 2 is 1.80 bits per heavy atom. The van der Waals surface area contributed by atoms with Crippen LogP contribution < -0.4 is 16.1 Å². The normalized spacial score (nSPS) is 14.6. The summed E-state index contributed by atoms with van der Waals surface area (Å²) in [5.41, 5.74) is -3.05. The van der Waals surface area contributed by atoms with Crippen LogP contribution in [0.15, 0.2) is 40.1 Å². The molecule has 1 aliphatic heterocycles. The summed E-state index contributed by atoms with van der Waals surface area (Å²) in [6.07, 6.45) is -3.50. The van der Waals surface area contributed by atoms with Gasteiger partial charge in [0.05, 0.1) is 10.5 Å². The maximum Gasteiger partial charge on any atom is 0.416 e. The first-order valence-electron chi connectivity index (χ1n) is 8.74. The number of amides is 1. The van der Waals surface area contributed by atoms with Crippen molar-refractivity contribution in [1.82, 2.24) is 14.5 Å². The van der Waals surface area contributed by atoms with E-state index >= 15 is 0 Å². The molecule has 30 heavy (non-hydrogen) atoms. The minimum atomic E-state index is -4.70. The van der Waals surface area contributed by atoms with Crippen molar-refractivity contribution in [1.29, 1.82) is 0 Å². The highest BCUT2D eigenvalue weighted by atomic mass is 19.4. The molecule has 160 valence electrons. The topological polar surface area (TPSA) is 122 Å². The first-order valence-corrected chi connectivity index (χ1v) is 8.74. The Hall–Kier alpha value is -3.64. The standard InChI is InChI=1S/C17H16F3N5O5/c18-17(19,20)11-1-2-12(13(9-11)25(29)30)22-5-7-23(8-6-22)15(27)10-24-4-3-14(26)21-16(24)28/h1-4,9H,5-8,10H2,(H,21,26,28). The summed E-state index contributed by atoms with van der Waals surface area (Å²) < 4.78 is 39.6. The van der Waals surface area contributed by atoms with Crippen LogP contribution in [-0.4, -0.2) is 51.5 Å². The van der Waals surface area contributed by atoms with Crippen LogP contribution in [0.5, 0.6) is 0 Å². The van der Waals surface area contributed by atoms with Gasteiger partial charge in [-0.25, -0.2) is 4.79 Å². The molecule has 1 amide bonds. The van der Waals surface area contributed by atoms with Crippen molar-refractivity contribution in [3.05, 3.63) is 67.0 Å². The van der Waals surface area contributed by atoms with Crippen molar-refractivity contribution in [3.63, 3.8) is 0 Å². The fourth-order valence-corrected chi connectivity index (χ4v) is 3.12. The van der Waals surface area contributed by atoms with Gasteiger partial charge in [-0.3, -0.25) is 29.3 Å². The Kier molecular flexibility index (Phi) is 5.62. The van der Waals surface area contributed by atoms with Gasteiger partial charge < -0.3 is 9.80 Å². The third kappa shape index (κ3) is 4.50. The molecule has 0 aliphatic carbocycles. The molecule has 10 nitrogen and oxygen atoms in total. The van der Waals surface area contributed by atoms with Gasteiger partial charge in [0.25, 0.3) is 11.2 Å². The number of nitrogens with zero attached hydrogens (tertiary/aromatic N) is 4. The van der Waals surface area contributed by atoms with Crippen LogP contribution in [0.2, 0.25) is 0 Å². The van der Waals surface area contributed by atoms with Crippen molar-refractivity contribution in [2.75, 3.05) is 31.1 Å². The van der Waals surface area contributed by atoms with E-state index in [9.17, 15) is 37.7 Å². The van der Waals surface area contributed by atoms with E-state index in [1.54, 1.807) is 0 Å². The Morgan fingerprint density at radius 3 is 2.37 bits per heavy atom. The van der Waals surface area contributed by atoms with E-state index in [-0.39, 0.29) is 38.4 Å². The van der Waals surface area contributed by atoms with Crippen LogP contribution in [0.25, 0.3) is 0 Å². The van der Waals surface area contributed by atoms with Gasteiger partial charge in [-0.1, -0.05) is 0 Å². The van der Waals surface area contributed by atoms with Gasteiger partial charge in [0.2, 0.25) is 5.91 Å². The Labute approximate surface area is 166 Å². The quantitative estimate of drug-likeness (QED) is 0.569. The number of carbonyl (C=O) groups excluding carboxylic acids is 1. The predicted octanol–water partition coefficient (Wildman–Crippen LogP) is 0.812. The van der Waals surface area contributed by atoms with Crippen LogP contribution >= 0.6 is 0 Å². The van der Waals surface area contributed by atoms with Crippen LogP contribution in [-0.2, 0) is 17.5 Å². The second-order valence-electron chi connectivity index (χ2n) is 6.56. The summed E-state index contributed by atoms with van der Waals surface area (Å²) >= 11 is 0. The lowest BCUT2D eigenvalue weighted by molar-refractivity contribution is -0.384. The number of alkyl halides is 3. The largest absolute Gasteiger partial charge is 0.416 e. The van der Waals surface area contributed by atoms with Gasteiger partial charge in [-0.2, -0.15) is 13.2 Å². The molecule has 2 aromatic rings. The van der Waals surface area contributed by atoms with Gasteiger partial charge in [0, 0.05) is 44.5 Å². The van der Waals surface area contributed by atoms with Crippen molar-refractivity contribution in [2.45, 2.75) is 12.7 Å². The molecule has 0 saturated carbocycles. The van der Waals surface area contributed by atoms with E-state index < -0.39 is 39.5 Å². The Bertz CT molecular complexity index is 1090. The molecule has 0 radical (unpaired) electrons. The van der Waals surface area contributed by atoms with E-state index in [1.807, 2.05) is 4.98 Å². The number of carbonyl (C=O) groups is 1. The zero-order valence-electron chi connectivity index (χ0n) is 15.4. The predicted molar refractivity (Wildman–Crippen MR) is 98.2 cm³/mol. The summed E-state index contributed by atoms with van der Waals surface area (Å²) in [7, 11) is 0. The van der Waals surface area contributed by atoms with Crippen LogP contribution in [0.4, 0.5) is 24.5 Å². The van der Waals surface area contributed by atoms with Crippen molar-refractivity contribution < 1.29 is 22.9 Å². The SMILES string of the molecule is O=C(Cn1ccc(=O)[nH]c1=O)N1CCN(c2ccc(C(F)(F)F)cc2[N+](=O)[O-])CC1. The van der Waals surface area contributed by atoms with E-state index in [4.69, 9.17) is 0 Å². The molecule has 2 heterocycles.